The summed E-state index contributed by atoms with van der Waals surface area (Å²) in [5.41, 5.74) is -0.419. The van der Waals surface area contributed by atoms with Crippen molar-refractivity contribution in [3.8, 4) is 0 Å². The molecule has 84 valence electrons. The van der Waals surface area contributed by atoms with Crippen LogP contribution in [0.4, 0.5) is 13.2 Å². The van der Waals surface area contributed by atoms with Gasteiger partial charge in [0.15, 0.2) is 0 Å². The van der Waals surface area contributed by atoms with E-state index in [4.69, 9.17) is 5.21 Å². The van der Waals surface area contributed by atoms with Crippen LogP contribution in [0, 0.1) is 0 Å². The van der Waals surface area contributed by atoms with E-state index < -0.39 is 11.9 Å². The van der Waals surface area contributed by atoms with Crippen molar-refractivity contribution in [1.82, 2.24) is 0 Å². The fraction of sp³-hybridized carbons (Fsp3) is 0.444. The van der Waals surface area contributed by atoms with Crippen molar-refractivity contribution >= 4 is 11.8 Å². The second kappa shape index (κ2) is 4.30. The molecular formula is C9H11F3NOS+. The lowest BCUT2D eigenvalue weighted by atomic mass is 10.2. The Morgan fingerprint density at radius 1 is 1.40 bits per heavy atom. The van der Waals surface area contributed by atoms with Gasteiger partial charge in [-0.2, -0.15) is 24.9 Å². The summed E-state index contributed by atoms with van der Waals surface area (Å²) in [6, 6.07) is 2.25. The van der Waals surface area contributed by atoms with Crippen molar-refractivity contribution < 1.29 is 23.1 Å². The summed E-state index contributed by atoms with van der Waals surface area (Å²) in [7, 11) is 0. The lowest BCUT2D eigenvalue weighted by molar-refractivity contribution is -0.915. The Morgan fingerprint density at radius 3 is 2.40 bits per heavy atom. The van der Waals surface area contributed by atoms with Crippen molar-refractivity contribution in [2.75, 3.05) is 6.26 Å². The third-order valence-corrected chi connectivity index (χ3v) is 3.04. The van der Waals surface area contributed by atoms with Gasteiger partial charge in [0.1, 0.15) is 0 Å². The quantitative estimate of drug-likeness (QED) is 0.632. The summed E-state index contributed by atoms with van der Waals surface area (Å²) in [5.74, 6) is 0. The Hall–Kier alpha value is -0.910. The maximum atomic E-state index is 12.3. The maximum Gasteiger partial charge on any atom is 0.482 e. The van der Waals surface area contributed by atoms with E-state index in [1.807, 2.05) is 13.2 Å². The molecule has 1 unspecified atom stereocenters. The molecule has 0 aliphatic heterocycles. The number of alkyl halides is 3. The van der Waals surface area contributed by atoms with E-state index in [0.29, 0.717) is 5.56 Å². The first kappa shape index (κ1) is 12.2. The van der Waals surface area contributed by atoms with Crippen LogP contribution >= 0.6 is 11.8 Å². The highest BCUT2D eigenvalue weighted by molar-refractivity contribution is 7.98. The van der Waals surface area contributed by atoms with Gasteiger partial charge in [-0.25, -0.2) is 0 Å². The Labute approximate surface area is 89.7 Å². The van der Waals surface area contributed by atoms with E-state index >= 15 is 0 Å². The lowest BCUT2D eigenvalue weighted by Gasteiger charge is -2.07. The molecule has 1 rings (SSSR count). The molecule has 0 bridgehead atoms. The predicted molar refractivity (Wildman–Crippen MR) is 50.8 cm³/mol. The second-order valence-corrected chi connectivity index (χ2v) is 4.25. The van der Waals surface area contributed by atoms with E-state index in [0.717, 1.165) is 12.3 Å². The largest absolute Gasteiger partial charge is 0.482 e. The normalized spacial score (nSPS) is 13.9. The van der Waals surface area contributed by atoms with Crippen molar-refractivity contribution in [2.24, 2.45) is 0 Å². The molecule has 0 fully saturated rings. The fourth-order valence-electron chi connectivity index (χ4n) is 1.11. The van der Waals surface area contributed by atoms with Gasteiger partial charge in [0.25, 0.3) is 0 Å². The molecule has 1 atom stereocenters. The Bertz CT molecular complexity index is 354. The third kappa shape index (κ3) is 2.77. The lowest BCUT2D eigenvalue weighted by Crippen LogP contribution is -2.39. The number of nitrogens with zero attached hydrogens (tertiary/aromatic N) is 1. The highest BCUT2D eigenvalue weighted by Crippen LogP contribution is 2.29. The predicted octanol–water partition coefficient (Wildman–Crippen LogP) is 2.65. The zero-order valence-electron chi connectivity index (χ0n) is 8.25. The fourth-order valence-corrected chi connectivity index (χ4v) is 1.52. The smallest absolute Gasteiger partial charge is 0.285 e. The number of thioether (sulfide) groups is 1. The summed E-state index contributed by atoms with van der Waals surface area (Å²) in [5, 5.41) is 9.21. The summed E-state index contributed by atoms with van der Waals surface area (Å²) in [6.45, 7) is 1.85. The Morgan fingerprint density at radius 2 is 2.00 bits per heavy atom. The van der Waals surface area contributed by atoms with E-state index in [1.54, 1.807) is 0 Å². The molecule has 0 spiro atoms. The van der Waals surface area contributed by atoms with Crippen LogP contribution in [-0.4, -0.2) is 11.5 Å². The summed E-state index contributed by atoms with van der Waals surface area (Å²) in [6.07, 6.45) is -1.59. The monoisotopic (exact) mass is 238 g/mol. The SMILES string of the molecule is CSC(C)c1ccc(C(F)(F)F)[n+](O)c1. The first-order valence-electron chi connectivity index (χ1n) is 4.21. The first-order valence-corrected chi connectivity index (χ1v) is 5.50. The molecule has 15 heavy (non-hydrogen) atoms. The number of aromatic nitrogens is 1. The van der Waals surface area contributed by atoms with Crippen LogP contribution in [0.1, 0.15) is 23.4 Å². The van der Waals surface area contributed by atoms with Gasteiger partial charge in [0.05, 0.1) is 0 Å². The van der Waals surface area contributed by atoms with Crippen LogP contribution in [0.2, 0.25) is 0 Å². The highest BCUT2D eigenvalue weighted by Gasteiger charge is 2.42. The summed E-state index contributed by atoms with van der Waals surface area (Å²) in [4.78, 5) is 0. The molecule has 0 radical (unpaired) electrons. The van der Waals surface area contributed by atoms with Gasteiger partial charge in [0, 0.05) is 21.6 Å². The molecule has 0 aromatic carbocycles. The maximum absolute atomic E-state index is 12.3. The van der Waals surface area contributed by atoms with Crippen LogP contribution in [-0.2, 0) is 6.18 Å². The molecule has 0 aliphatic rings. The third-order valence-electron chi connectivity index (χ3n) is 2.07. The minimum absolute atomic E-state index is 0.0469. The zero-order valence-corrected chi connectivity index (χ0v) is 9.06. The van der Waals surface area contributed by atoms with Gasteiger partial charge >= 0.3 is 11.9 Å². The van der Waals surface area contributed by atoms with E-state index in [1.165, 1.54) is 17.8 Å². The molecule has 6 heteroatoms. The highest BCUT2D eigenvalue weighted by atomic mass is 32.2. The van der Waals surface area contributed by atoms with Crippen LogP contribution < -0.4 is 4.73 Å². The van der Waals surface area contributed by atoms with Crippen molar-refractivity contribution in [3.63, 3.8) is 0 Å². The number of halogens is 3. The average molecular weight is 238 g/mol. The number of hydrogen-bond donors (Lipinski definition) is 1. The van der Waals surface area contributed by atoms with Gasteiger partial charge in [-0.05, 0) is 19.2 Å². The van der Waals surface area contributed by atoms with Gasteiger partial charge in [-0.15, -0.1) is 0 Å². The van der Waals surface area contributed by atoms with Gasteiger partial charge in [-0.1, -0.05) is 0 Å². The van der Waals surface area contributed by atoms with E-state index in [2.05, 4.69) is 0 Å². The van der Waals surface area contributed by atoms with E-state index in [9.17, 15) is 13.2 Å². The topological polar surface area (TPSA) is 24.1 Å². The molecule has 0 aliphatic carbocycles. The van der Waals surface area contributed by atoms with Crippen LogP contribution in [0.5, 0.6) is 0 Å². The number of pyridine rings is 1. The van der Waals surface area contributed by atoms with Gasteiger partial charge < -0.3 is 0 Å². The molecule has 0 saturated carbocycles. The molecular weight excluding hydrogens is 227 g/mol. The first-order chi connectivity index (χ1) is 6.86. The van der Waals surface area contributed by atoms with Crippen LogP contribution in [0.25, 0.3) is 0 Å². The van der Waals surface area contributed by atoms with Crippen molar-refractivity contribution in [3.05, 3.63) is 29.6 Å². The van der Waals surface area contributed by atoms with Crippen molar-refractivity contribution in [2.45, 2.75) is 18.3 Å². The van der Waals surface area contributed by atoms with Gasteiger partial charge in [0.2, 0.25) is 6.20 Å². The number of rotatable bonds is 2. The molecule has 1 aromatic rings. The summed E-state index contributed by atoms with van der Waals surface area (Å²) < 4.78 is 37.0. The minimum atomic E-state index is -4.53. The molecule has 0 saturated heterocycles. The molecule has 0 amide bonds. The van der Waals surface area contributed by atoms with Crippen molar-refractivity contribution in [1.29, 1.82) is 0 Å². The van der Waals surface area contributed by atoms with Crippen LogP contribution in [0.15, 0.2) is 18.3 Å². The molecule has 1 aromatic heterocycles. The number of hydrogen-bond acceptors (Lipinski definition) is 2. The molecule has 1 heterocycles. The van der Waals surface area contributed by atoms with Gasteiger partial charge in [-0.3, -0.25) is 5.21 Å². The Kier molecular flexibility index (Phi) is 3.49. The Balaban J connectivity index is 3.09. The zero-order chi connectivity index (χ0) is 11.6. The van der Waals surface area contributed by atoms with E-state index in [-0.39, 0.29) is 9.98 Å². The minimum Gasteiger partial charge on any atom is -0.285 e. The summed E-state index contributed by atoms with van der Waals surface area (Å²) >= 11 is 1.49. The average Bonchev–Trinajstić information content (AvgIpc) is 2.14. The van der Waals surface area contributed by atoms with Crippen LogP contribution in [0.3, 0.4) is 0 Å². The molecule has 2 nitrogen and oxygen atoms in total. The molecule has 1 N–H and O–H groups in total. The standard InChI is InChI=1S/C9H11F3NOS/c1-6(15-2)7-3-4-8(9(10,11)12)13(14)5-7/h3-6,14H,1-2H3/q+1. The second-order valence-electron chi connectivity index (χ2n) is 3.07.